The van der Waals surface area contributed by atoms with E-state index < -0.39 is 11.6 Å². The number of esters is 1. The minimum Gasteiger partial charge on any atom is -0.463 e. The number of aromatic nitrogens is 2. The molecule has 0 bridgehead atoms. The van der Waals surface area contributed by atoms with Crippen LogP contribution in [0.25, 0.3) is 0 Å². The fraction of sp³-hybridized carbons (Fsp3) is 0.583. The second-order valence-corrected chi connectivity index (χ2v) is 4.35. The topological polar surface area (TPSA) is 93.6 Å². The summed E-state index contributed by atoms with van der Waals surface area (Å²) in [5.41, 5.74) is -0.924. The van der Waals surface area contributed by atoms with E-state index in [-0.39, 0.29) is 12.4 Å². The van der Waals surface area contributed by atoms with E-state index in [9.17, 15) is 9.90 Å². The van der Waals surface area contributed by atoms with Gasteiger partial charge in [-0.05, 0) is 13.0 Å². The number of nitrogens with one attached hydrogen (secondary N) is 1. The van der Waals surface area contributed by atoms with Crippen LogP contribution in [0.4, 0.5) is 5.82 Å². The fourth-order valence-electron chi connectivity index (χ4n) is 1.34. The molecular weight excluding hydrogens is 250 g/mol. The lowest BCUT2D eigenvalue weighted by Gasteiger charge is -2.23. The molecule has 1 atom stereocenters. The summed E-state index contributed by atoms with van der Waals surface area (Å²) in [4.78, 5) is 19.1. The summed E-state index contributed by atoms with van der Waals surface area (Å²) in [6, 6.07) is 1.61. The van der Waals surface area contributed by atoms with Gasteiger partial charge >= 0.3 is 5.97 Å². The maximum atomic E-state index is 11.3. The second-order valence-electron chi connectivity index (χ2n) is 4.35. The molecular formula is C12H19N3O4. The largest absolute Gasteiger partial charge is 0.463 e. The van der Waals surface area contributed by atoms with Gasteiger partial charge in [0.15, 0.2) is 0 Å². The second kappa shape index (κ2) is 7.01. The van der Waals surface area contributed by atoms with Gasteiger partial charge in [0.2, 0.25) is 5.82 Å². The molecule has 0 saturated heterocycles. The van der Waals surface area contributed by atoms with Crippen LogP contribution in [0.5, 0.6) is 0 Å². The number of rotatable bonds is 7. The molecule has 0 radical (unpaired) electrons. The Labute approximate surface area is 112 Å². The number of hydrogen-bond acceptors (Lipinski definition) is 7. The molecule has 1 aromatic heterocycles. The molecule has 1 rings (SSSR count). The van der Waals surface area contributed by atoms with Crippen LogP contribution >= 0.6 is 0 Å². The number of carbonyl (C=O) groups is 1. The molecule has 0 aromatic carbocycles. The zero-order valence-electron chi connectivity index (χ0n) is 11.3. The van der Waals surface area contributed by atoms with Gasteiger partial charge < -0.3 is 19.9 Å². The summed E-state index contributed by atoms with van der Waals surface area (Å²) in [6.07, 6.45) is 1.94. The standard InChI is InChI=1S/C12H19N3O4/c1-12(17,5-7-18-2)8-14-9-4-6-13-10(15-9)11(16)19-3/h4,6,17H,5,7-8H2,1-3H3,(H,13,14,15). The average molecular weight is 269 g/mol. The molecule has 0 fully saturated rings. The van der Waals surface area contributed by atoms with Crippen LogP contribution in [0, 0.1) is 0 Å². The molecule has 1 heterocycles. The van der Waals surface area contributed by atoms with Gasteiger partial charge in [-0.15, -0.1) is 0 Å². The Morgan fingerprint density at radius 2 is 2.26 bits per heavy atom. The van der Waals surface area contributed by atoms with E-state index in [2.05, 4.69) is 20.0 Å². The third-order valence-electron chi connectivity index (χ3n) is 2.52. The van der Waals surface area contributed by atoms with Crippen molar-refractivity contribution in [2.75, 3.05) is 32.7 Å². The summed E-state index contributed by atoms with van der Waals surface area (Å²) in [6.45, 7) is 2.45. The Bertz CT molecular complexity index is 423. The smallest absolute Gasteiger partial charge is 0.376 e. The van der Waals surface area contributed by atoms with E-state index in [1.54, 1.807) is 20.1 Å². The number of anilines is 1. The molecule has 2 N–H and O–H groups in total. The van der Waals surface area contributed by atoms with E-state index >= 15 is 0 Å². The first-order chi connectivity index (χ1) is 8.98. The minimum atomic E-state index is -0.924. The van der Waals surface area contributed by atoms with E-state index in [1.165, 1.54) is 13.3 Å². The molecule has 19 heavy (non-hydrogen) atoms. The molecule has 7 heteroatoms. The number of carbonyl (C=O) groups excluding carboxylic acids is 1. The van der Waals surface area contributed by atoms with Gasteiger partial charge in [0.25, 0.3) is 0 Å². The first-order valence-corrected chi connectivity index (χ1v) is 5.85. The summed E-state index contributed by atoms with van der Waals surface area (Å²) in [7, 11) is 2.85. The van der Waals surface area contributed by atoms with Crippen molar-refractivity contribution in [1.82, 2.24) is 9.97 Å². The quantitative estimate of drug-likeness (QED) is 0.694. The lowest BCUT2D eigenvalue weighted by Crippen LogP contribution is -2.35. The highest BCUT2D eigenvalue weighted by Crippen LogP contribution is 2.11. The maximum absolute atomic E-state index is 11.3. The molecule has 0 amide bonds. The monoisotopic (exact) mass is 269 g/mol. The van der Waals surface area contributed by atoms with Crippen LogP contribution in [0.15, 0.2) is 12.3 Å². The number of methoxy groups -OCH3 is 2. The van der Waals surface area contributed by atoms with Crippen molar-refractivity contribution in [3.05, 3.63) is 18.1 Å². The Hall–Kier alpha value is -1.73. The van der Waals surface area contributed by atoms with Crippen molar-refractivity contribution in [1.29, 1.82) is 0 Å². The SMILES string of the molecule is COCCC(C)(O)CNc1ccnc(C(=O)OC)n1. The highest BCUT2D eigenvalue weighted by Gasteiger charge is 2.20. The van der Waals surface area contributed by atoms with Crippen molar-refractivity contribution >= 4 is 11.8 Å². The molecule has 0 aliphatic heterocycles. The third kappa shape index (κ3) is 5.19. The van der Waals surface area contributed by atoms with Crippen LogP contribution in [-0.4, -0.2) is 54.0 Å². The number of nitrogens with zero attached hydrogens (tertiary/aromatic N) is 2. The van der Waals surface area contributed by atoms with Crippen LogP contribution in [-0.2, 0) is 9.47 Å². The summed E-state index contributed by atoms with van der Waals surface area (Å²) < 4.78 is 9.45. The van der Waals surface area contributed by atoms with Crippen molar-refractivity contribution in [2.24, 2.45) is 0 Å². The number of hydrogen-bond donors (Lipinski definition) is 2. The van der Waals surface area contributed by atoms with Gasteiger partial charge in [-0.25, -0.2) is 14.8 Å². The summed E-state index contributed by atoms with van der Waals surface area (Å²) in [5, 5.41) is 13.0. The lowest BCUT2D eigenvalue weighted by molar-refractivity contribution is 0.0357. The van der Waals surface area contributed by atoms with Crippen molar-refractivity contribution in [2.45, 2.75) is 18.9 Å². The first-order valence-electron chi connectivity index (χ1n) is 5.85. The fourth-order valence-corrected chi connectivity index (χ4v) is 1.34. The predicted molar refractivity (Wildman–Crippen MR) is 69.0 cm³/mol. The maximum Gasteiger partial charge on any atom is 0.376 e. The Kier molecular flexibility index (Phi) is 5.65. The van der Waals surface area contributed by atoms with Crippen molar-refractivity contribution in [3.8, 4) is 0 Å². The zero-order chi connectivity index (χ0) is 14.3. The van der Waals surface area contributed by atoms with Gasteiger partial charge in [0.1, 0.15) is 5.82 Å². The van der Waals surface area contributed by atoms with Crippen LogP contribution in [0.3, 0.4) is 0 Å². The van der Waals surface area contributed by atoms with Crippen molar-refractivity contribution in [3.63, 3.8) is 0 Å². The lowest BCUT2D eigenvalue weighted by atomic mass is 10.0. The zero-order valence-corrected chi connectivity index (χ0v) is 11.3. The number of aliphatic hydroxyl groups is 1. The summed E-state index contributed by atoms with van der Waals surface area (Å²) >= 11 is 0. The normalized spacial score (nSPS) is 13.7. The van der Waals surface area contributed by atoms with Gasteiger partial charge in [-0.1, -0.05) is 0 Å². The molecule has 0 saturated carbocycles. The van der Waals surface area contributed by atoms with Crippen LogP contribution in [0.1, 0.15) is 24.0 Å². The van der Waals surface area contributed by atoms with Gasteiger partial charge in [0, 0.05) is 32.9 Å². The molecule has 1 unspecified atom stereocenters. The molecule has 0 aliphatic rings. The van der Waals surface area contributed by atoms with E-state index in [0.717, 1.165) is 0 Å². The Morgan fingerprint density at radius 1 is 1.53 bits per heavy atom. The molecule has 106 valence electrons. The minimum absolute atomic E-state index is 0.0240. The van der Waals surface area contributed by atoms with E-state index in [0.29, 0.717) is 18.8 Å². The molecule has 7 nitrogen and oxygen atoms in total. The highest BCUT2D eigenvalue weighted by molar-refractivity contribution is 5.85. The van der Waals surface area contributed by atoms with E-state index in [1.807, 2.05) is 0 Å². The van der Waals surface area contributed by atoms with E-state index in [4.69, 9.17) is 4.74 Å². The van der Waals surface area contributed by atoms with Crippen molar-refractivity contribution < 1.29 is 19.4 Å². The molecule has 1 aromatic rings. The number of ether oxygens (including phenoxy) is 2. The Balaban J connectivity index is 2.60. The Morgan fingerprint density at radius 3 is 2.89 bits per heavy atom. The predicted octanol–water partition coefficient (Wildman–Crippen LogP) is 0.463. The van der Waals surface area contributed by atoms with Gasteiger partial charge in [-0.3, -0.25) is 0 Å². The molecule has 0 spiro atoms. The average Bonchev–Trinajstić information content (AvgIpc) is 2.42. The summed E-state index contributed by atoms with van der Waals surface area (Å²) in [5.74, 6) is -0.174. The van der Waals surface area contributed by atoms with Gasteiger partial charge in [0.05, 0.1) is 12.7 Å². The van der Waals surface area contributed by atoms with Crippen LogP contribution in [0.2, 0.25) is 0 Å². The third-order valence-corrected chi connectivity index (χ3v) is 2.52. The molecule has 0 aliphatic carbocycles. The highest BCUT2D eigenvalue weighted by atomic mass is 16.5. The van der Waals surface area contributed by atoms with Crippen LogP contribution < -0.4 is 5.32 Å². The first kappa shape index (κ1) is 15.3. The van der Waals surface area contributed by atoms with Gasteiger partial charge in [-0.2, -0.15) is 0 Å².